The Balaban J connectivity index is 1.25. The van der Waals surface area contributed by atoms with Gasteiger partial charge in [-0.15, -0.1) is 11.3 Å². The van der Waals surface area contributed by atoms with Crippen LogP contribution < -0.4 is 15.0 Å². The maximum Gasteiger partial charge on any atom is 0.274 e. The van der Waals surface area contributed by atoms with E-state index < -0.39 is 5.95 Å². The Labute approximate surface area is 212 Å². The van der Waals surface area contributed by atoms with Crippen molar-refractivity contribution in [3.05, 3.63) is 89.2 Å². The number of nitrogens with one attached hydrogen (secondary N) is 1. The van der Waals surface area contributed by atoms with Gasteiger partial charge in [0.05, 0.1) is 18.3 Å². The second kappa shape index (κ2) is 10.9. The monoisotopic (exact) mass is 507 g/mol. The van der Waals surface area contributed by atoms with Crippen LogP contribution in [0.15, 0.2) is 66.3 Å². The van der Waals surface area contributed by atoms with Crippen LogP contribution in [0.3, 0.4) is 0 Å². The van der Waals surface area contributed by atoms with Crippen molar-refractivity contribution < 1.29 is 19.0 Å². The molecule has 2 N–H and O–H groups in total. The summed E-state index contributed by atoms with van der Waals surface area (Å²) in [5.41, 5.74) is 3.20. The van der Waals surface area contributed by atoms with E-state index in [1.165, 1.54) is 23.6 Å². The summed E-state index contributed by atoms with van der Waals surface area (Å²) in [5, 5.41) is 14.4. The first-order valence-corrected chi connectivity index (χ1v) is 12.6. The molecule has 10 heteroatoms. The minimum atomic E-state index is -0.548. The second-order valence-corrected chi connectivity index (χ2v) is 9.32. The normalized spacial score (nSPS) is 15.3. The highest BCUT2D eigenvalue weighted by atomic mass is 32.1. The molecule has 8 nitrogen and oxygen atoms in total. The van der Waals surface area contributed by atoms with Crippen LogP contribution >= 0.6 is 11.3 Å². The standard InChI is InChI=1S/C26H26FN5O3S/c27-24-15-18(9-10-28-24)16-31-11-1-4-23(31)25(34)30-26-29-21(17-36-26)22-3-2-12-32(22)19-5-7-20(8-6-19)35-14-13-33/h1,4-11,15,17,22,33H,2-3,12-14,16H2,(H,29,30,34). The summed E-state index contributed by atoms with van der Waals surface area (Å²) in [7, 11) is 0. The lowest BCUT2D eigenvalue weighted by atomic mass is 10.1. The largest absolute Gasteiger partial charge is 0.491 e. The molecule has 5 rings (SSSR count). The van der Waals surface area contributed by atoms with E-state index in [1.807, 2.05) is 29.6 Å². The van der Waals surface area contributed by atoms with Crippen molar-refractivity contribution in [2.24, 2.45) is 0 Å². The van der Waals surface area contributed by atoms with E-state index >= 15 is 0 Å². The fourth-order valence-corrected chi connectivity index (χ4v) is 5.19. The average molecular weight is 508 g/mol. The van der Waals surface area contributed by atoms with Crippen LogP contribution in [0.5, 0.6) is 5.75 Å². The number of halogens is 1. The van der Waals surface area contributed by atoms with Gasteiger partial charge in [-0.05, 0) is 66.9 Å². The highest BCUT2D eigenvalue weighted by Gasteiger charge is 2.28. The molecule has 1 amide bonds. The van der Waals surface area contributed by atoms with Gasteiger partial charge in [-0.25, -0.2) is 9.97 Å². The Bertz CT molecular complexity index is 1320. The quantitative estimate of drug-likeness (QED) is 0.324. The molecule has 1 saturated heterocycles. The van der Waals surface area contributed by atoms with E-state index in [0.717, 1.165) is 42.1 Å². The van der Waals surface area contributed by atoms with E-state index in [1.54, 1.807) is 29.0 Å². The van der Waals surface area contributed by atoms with Gasteiger partial charge in [-0.2, -0.15) is 4.39 Å². The van der Waals surface area contributed by atoms with Gasteiger partial charge in [0, 0.05) is 36.6 Å². The van der Waals surface area contributed by atoms with Crippen LogP contribution in [0.25, 0.3) is 0 Å². The number of nitrogens with zero attached hydrogens (tertiary/aromatic N) is 4. The molecule has 4 heterocycles. The van der Waals surface area contributed by atoms with E-state index in [9.17, 15) is 9.18 Å². The maximum absolute atomic E-state index is 13.4. The van der Waals surface area contributed by atoms with Gasteiger partial charge in [0.25, 0.3) is 5.91 Å². The van der Waals surface area contributed by atoms with Crippen LogP contribution in [0.2, 0.25) is 0 Å². The topological polar surface area (TPSA) is 92.5 Å². The van der Waals surface area contributed by atoms with E-state index in [-0.39, 0.29) is 25.2 Å². The number of hydrogen-bond acceptors (Lipinski definition) is 7. The first kappa shape index (κ1) is 24.0. The fraction of sp³-hybridized carbons (Fsp3) is 0.269. The number of aromatic nitrogens is 3. The minimum absolute atomic E-state index is 0.0187. The maximum atomic E-state index is 13.4. The van der Waals surface area contributed by atoms with Crippen molar-refractivity contribution in [1.29, 1.82) is 0 Å². The summed E-state index contributed by atoms with van der Waals surface area (Å²) in [6.45, 7) is 1.53. The van der Waals surface area contributed by atoms with Crippen molar-refractivity contribution in [3.8, 4) is 5.75 Å². The molecule has 1 aromatic carbocycles. The lowest BCUT2D eigenvalue weighted by Crippen LogP contribution is -2.23. The van der Waals surface area contributed by atoms with Gasteiger partial charge < -0.3 is 19.3 Å². The smallest absolute Gasteiger partial charge is 0.274 e. The molecule has 1 aliphatic heterocycles. The number of thiazole rings is 1. The molecular weight excluding hydrogens is 481 g/mol. The zero-order valence-electron chi connectivity index (χ0n) is 19.5. The SMILES string of the molecule is O=C(Nc1nc(C2CCCN2c2ccc(OCCO)cc2)cs1)c1cccn1Cc1ccnc(F)c1. The number of anilines is 2. The molecular formula is C26H26FN5O3S. The molecule has 36 heavy (non-hydrogen) atoms. The van der Waals surface area contributed by atoms with Gasteiger partial charge in [0.15, 0.2) is 5.13 Å². The first-order valence-electron chi connectivity index (χ1n) is 11.7. The summed E-state index contributed by atoms with van der Waals surface area (Å²) < 4.78 is 20.7. The predicted octanol–water partition coefficient (Wildman–Crippen LogP) is 4.49. The minimum Gasteiger partial charge on any atom is -0.491 e. The lowest BCUT2D eigenvalue weighted by molar-refractivity contribution is 0.101. The van der Waals surface area contributed by atoms with Gasteiger partial charge in [0.1, 0.15) is 18.1 Å². The lowest BCUT2D eigenvalue weighted by Gasteiger charge is -2.25. The molecule has 0 radical (unpaired) electrons. The van der Waals surface area contributed by atoms with Gasteiger partial charge in [-0.3, -0.25) is 10.1 Å². The number of rotatable bonds is 9. The number of pyridine rings is 1. The molecule has 1 aliphatic rings. The van der Waals surface area contributed by atoms with Gasteiger partial charge in [-0.1, -0.05) is 0 Å². The molecule has 3 aromatic heterocycles. The third-order valence-corrected chi connectivity index (χ3v) is 6.85. The Morgan fingerprint density at radius 3 is 2.92 bits per heavy atom. The first-order chi connectivity index (χ1) is 17.6. The molecule has 0 aliphatic carbocycles. The third kappa shape index (κ3) is 5.39. The van der Waals surface area contributed by atoms with E-state index in [0.29, 0.717) is 17.4 Å². The molecule has 4 aromatic rings. The molecule has 186 valence electrons. The number of amides is 1. The fourth-order valence-electron chi connectivity index (χ4n) is 4.43. The van der Waals surface area contributed by atoms with Crippen LogP contribution in [0.4, 0.5) is 15.2 Å². The van der Waals surface area contributed by atoms with Gasteiger partial charge in [0.2, 0.25) is 5.95 Å². The second-order valence-electron chi connectivity index (χ2n) is 8.46. The predicted molar refractivity (Wildman–Crippen MR) is 136 cm³/mol. The summed E-state index contributed by atoms with van der Waals surface area (Å²) in [5.74, 6) is -0.0916. The van der Waals surface area contributed by atoms with Crippen molar-refractivity contribution in [2.75, 3.05) is 30.0 Å². The zero-order chi connectivity index (χ0) is 24.9. The van der Waals surface area contributed by atoms with Crippen LogP contribution in [-0.2, 0) is 6.54 Å². The number of carbonyl (C=O) groups is 1. The molecule has 0 bridgehead atoms. The zero-order valence-corrected chi connectivity index (χ0v) is 20.3. The van der Waals surface area contributed by atoms with Crippen molar-refractivity contribution >= 4 is 28.1 Å². The molecule has 0 saturated carbocycles. The molecule has 0 spiro atoms. The highest BCUT2D eigenvalue weighted by Crippen LogP contribution is 2.37. The number of ether oxygens (including phenoxy) is 1. The summed E-state index contributed by atoms with van der Waals surface area (Å²) in [6, 6.07) is 14.6. The number of aliphatic hydroxyl groups is 1. The Morgan fingerprint density at radius 1 is 1.25 bits per heavy atom. The Kier molecular flexibility index (Phi) is 7.24. The summed E-state index contributed by atoms with van der Waals surface area (Å²) >= 11 is 1.40. The molecule has 1 fully saturated rings. The average Bonchev–Trinajstić information content (AvgIpc) is 3.64. The van der Waals surface area contributed by atoms with Crippen LogP contribution in [-0.4, -0.2) is 45.3 Å². The van der Waals surface area contributed by atoms with Gasteiger partial charge >= 0.3 is 0 Å². The third-order valence-electron chi connectivity index (χ3n) is 6.07. The van der Waals surface area contributed by atoms with Crippen molar-refractivity contribution in [3.63, 3.8) is 0 Å². The Morgan fingerprint density at radius 2 is 2.11 bits per heavy atom. The number of benzene rings is 1. The van der Waals surface area contributed by atoms with Crippen molar-refractivity contribution in [2.45, 2.75) is 25.4 Å². The summed E-state index contributed by atoms with van der Waals surface area (Å²) in [4.78, 5) is 23.6. The Hall–Kier alpha value is -3.76. The highest BCUT2D eigenvalue weighted by molar-refractivity contribution is 7.14. The number of aliphatic hydroxyl groups excluding tert-OH is 1. The van der Waals surface area contributed by atoms with Crippen LogP contribution in [0.1, 0.15) is 40.6 Å². The molecule has 1 atom stereocenters. The number of carbonyl (C=O) groups excluding carboxylic acids is 1. The van der Waals surface area contributed by atoms with E-state index in [2.05, 4.69) is 15.2 Å². The number of hydrogen-bond donors (Lipinski definition) is 2. The van der Waals surface area contributed by atoms with Crippen molar-refractivity contribution in [1.82, 2.24) is 14.5 Å². The van der Waals surface area contributed by atoms with E-state index in [4.69, 9.17) is 14.8 Å². The van der Waals surface area contributed by atoms with Crippen LogP contribution in [0, 0.1) is 5.95 Å². The summed E-state index contributed by atoms with van der Waals surface area (Å²) in [6.07, 6.45) is 5.23. The molecule has 1 unspecified atom stereocenters.